The SMILES string of the molecule is CCCCc1ccccc1NCc1ccc(C(=O)Nc2nc(C(O)CO)cs2)s1. The molecule has 2 heterocycles. The molecule has 1 atom stereocenters. The summed E-state index contributed by atoms with van der Waals surface area (Å²) in [5.74, 6) is -0.232. The Morgan fingerprint density at radius 2 is 2.07 bits per heavy atom. The first-order valence-electron chi connectivity index (χ1n) is 9.57. The minimum Gasteiger partial charge on any atom is -0.393 e. The molecule has 0 aliphatic carbocycles. The highest BCUT2D eigenvalue weighted by molar-refractivity contribution is 7.15. The number of unbranched alkanes of at least 4 members (excludes halogenated alkanes) is 1. The van der Waals surface area contributed by atoms with Gasteiger partial charge in [-0.2, -0.15) is 0 Å². The van der Waals surface area contributed by atoms with Crippen molar-refractivity contribution in [2.24, 2.45) is 0 Å². The second kappa shape index (κ2) is 10.5. The van der Waals surface area contributed by atoms with Crippen molar-refractivity contribution in [1.82, 2.24) is 4.98 Å². The van der Waals surface area contributed by atoms with Gasteiger partial charge >= 0.3 is 0 Å². The number of hydrogen-bond acceptors (Lipinski definition) is 7. The lowest BCUT2D eigenvalue weighted by Crippen LogP contribution is -2.10. The number of amides is 1. The summed E-state index contributed by atoms with van der Waals surface area (Å²) >= 11 is 2.65. The Kier molecular flexibility index (Phi) is 7.76. The van der Waals surface area contributed by atoms with Gasteiger partial charge < -0.3 is 15.5 Å². The molecule has 0 saturated heterocycles. The molecule has 0 fully saturated rings. The number of anilines is 2. The number of rotatable bonds is 10. The maximum atomic E-state index is 12.5. The quantitative estimate of drug-likeness (QED) is 0.381. The molecule has 2 aromatic heterocycles. The lowest BCUT2D eigenvalue weighted by Gasteiger charge is -2.11. The summed E-state index contributed by atoms with van der Waals surface area (Å²) in [7, 11) is 0. The van der Waals surface area contributed by atoms with Crippen molar-refractivity contribution in [1.29, 1.82) is 0 Å². The number of thiazole rings is 1. The lowest BCUT2D eigenvalue weighted by atomic mass is 10.1. The van der Waals surface area contributed by atoms with E-state index in [1.54, 1.807) is 11.4 Å². The van der Waals surface area contributed by atoms with Crippen molar-refractivity contribution in [3.8, 4) is 0 Å². The summed E-state index contributed by atoms with van der Waals surface area (Å²) in [5.41, 5.74) is 2.80. The molecule has 0 aliphatic rings. The van der Waals surface area contributed by atoms with Crippen LogP contribution < -0.4 is 10.6 Å². The molecular formula is C21H25N3O3S2. The maximum Gasteiger partial charge on any atom is 0.267 e. The van der Waals surface area contributed by atoms with Crippen molar-refractivity contribution in [2.45, 2.75) is 38.8 Å². The fourth-order valence-corrected chi connectivity index (χ4v) is 4.40. The number of aryl methyl sites for hydroxylation is 1. The molecule has 8 heteroatoms. The Hall–Kier alpha value is -2.26. The second-order valence-electron chi connectivity index (χ2n) is 6.61. The number of hydrogen-bond donors (Lipinski definition) is 4. The number of benzene rings is 1. The predicted molar refractivity (Wildman–Crippen MR) is 119 cm³/mol. The third kappa shape index (κ3) is 5.86. The lowest BCUT2D eigenvalue weighted by molar-refractivity contribution is 0.0927. The minimum atomic E-state index is -1.03. The Labute approximate surface area is 178 Å². The molecule has 3 aromatic rings. The van der Waals surface area contributed by atoms with Crippen molar-refractivity contribution in [3.05, 3.63) is 62.8 Å². The fourth-order valence-electron chi connectivity index (χ4n) is 2.80. The average Bonchev–Trinajstić information content (AvgIpc) is 3.40. The molecule has 3 rings (SSSR count). The van der Waals surface area contributed by atoms with Gasteiger partial charge in [0.2, 0.25) is 0 Å². The molecule has 0 radical (unpaired) electrons. The highest BCUT2D eigenvalue weighted by atomic mass is 32.1. The van der Waals surface area contributed by atoms with E-state index in [0.717, 1.165) is 29.8 Å². The van der Waals surface area contributed by atoms with Gasteiger partial charge in [-0.25, -0.2) is 4.98 Å². The largest absolute Gasteiger partial charge is 0.393 e. The van der Waals surface area contributed by atoms with Crippen LogP contribution in [0.2, 0.25) is 0 Å². The number of aliphatic hydroxyl groups excluding tert-OH is 2. The fraction of sp³-hybridized carbons (Fsp3) is 0.333. The van der Waals surface area contributed by atoms with Crippen molar-refractivity contribution in [2.75, 3.05) is 17.2 Å². The van der Waals surface area contributed by atoms with Gasteiger partial charge in [0.1, 0.15) is 6.10 Å². The van der Waals surface area contributed by atoms with E-state index in [0.29, 0.717) is 22.2 Å². The van der Waals surface area contributed by atoms with E-state index >= 15 is 0 Å². The van der Waals surface area contributed by atoms with E-state index in [1.165, 1.54) is 28.2 Å². The summed E-state index contributed by atoms with van der Waals surface area (Å²) in [4.78, 5) is 18.3. The van der Waals surface area contributed by atoms with Gasteiger partial charge in [0.05, 0.1) is 17.2 Å². The van der Waals surface area contributed by atoms with Crippen LogP contribution in [-0.4, -0.2) is 27.7 Å². The topological polar surface area (TPSA) is 94.5 Å². The first kappa shape index (κ1) is 21.4. The molecule has 0 spiro atoms. The summed E-state index contributed by atoms with van der Waals surface area (Å²) in [6, 6.07) is 12.1. The predicted octanol–water partition coefficient (Wildman–Crippen LogP) is 4.44. The van der Waals surface area contributed by atoms with Crippen LogP contribution in [0, 0.1) is 0 Å². The molecule has 0 saturated carbocycles. The van der Waals surface area contributed by atoms with Crippen molar-refractivity contribution < 1.29 is 15.0 Å². The Morgan fingerprint density at radius 3 is 2.86 bits per heavy atom. The Morgan fingerprint density at radius 1 is 1.24 bits per heavy atom. The van der Waals surface area contributed by atoms with Crippen molar-refractivity contribution in [3.63, 3.8) is 0 Å². The normalized spacial score (nSPS) is 12.0. The smallest absolute Gasteiger partial charge is 0.267 e. The van der Waals surface area contributed by atoms with Crippen molar-refractivity contribution >= 4 is 39.4 Å². The van der Waals surface area contributed by atoms with Crippen LogP contribution in [0.15, 0.2) is 41.8 Å². The van der Waals surface area contributed by atoms with Crippen LogP contribution in [0.1, 0.15) is 51.7 Å². The highest BCUT2D eigenvalue weighted by Crippen LogP contribution is 2.24. The van der Waals surface area contributed by atoms with E-state index in [2.05, 4.69) is 40.7 Å². The van der Waals surface area contributed by atoms with Crippen LogP contribution in [0.3, 0.4) is 0 Å². The first-order chi connectivity index (χ1) is 14.1. The number of nitrogens with zero attached hydrogens (tertiary/aromatic N) is 1. The number of carbonyl (C=O) groups is 1. The standard InChI is InChI=1S/C21H25N3O3S2/c1-2-3-6-14-7-4-5-8-16(14)22-11-15-9-10-19(29-15)20(27)24-21-23-17(13-28-21)18(26)12-25/h4-5,7-10,13,18,22,25-26H,2-3,6,11-12H2,1H3,(H,23,24,27). The zero-order chi connectivity index (χ0) is 20.6. The molecule has 1 aromatic carbocycles. The van der Waals surface area contributed by atoms with Crippen LogP contribution >= 0.6 is 22.7 Å². The minimum absolute atomic E-state index is 0.232. The molecule has 1 unspecified atom stereocenters. The molecule has 4 N–H and O–H groups in total. The van der Waals surface area contributed by atoms with Crippen LogP contribution in [0.5, 0.6) is 0 Å². The summed E-state index contributed by atoms with van der Waals surface area (Å²) < 4.78 is 0. The van der Waals surface area contributed by atoms with Gasteiger partial charge in [-0.3, -0.25) is 10.1 Å². The van der Waals surface area contributed by atoms with E-state index in [4.69, 9.17) is 5.11 Å². The number of thiophene rings is 1. The van der Waals surface area contributed by atoms with Gasteiger partial charge in [0, 0.05) is 22.5 Å². The van der Waals surface area contributed by atoms with E-state index < -0.39 is 12.7 Å². The average molecular weight is 432 g/mol. The summed E-state index contributed by atoms with van der Waals surface area (Å²) in [6.45, 7) is 2.45. The number of carbonyl (C=O) groups excluding carboxylic acids is 1. The van der Waals surface area contributed by atoms with Crippen LogP contribution in [-0.2, 0) is 13.0 Å². The number of aliphatic hydroxyl groups is 2. The Bertz CT molecular complexity index is 939. The molecule has 154 valence electrons. The summed E-state index contributed by atoms with van der Waals surface area (Å²) in [5, 5.41) is 26.8. The van der Waals surface area contributed by atoms with Gasteiger partial charge in [0.15, 0.2) is 5.13 Å². The number of para-hydroxylation sites is 1. The third-order valence-electron chi connectivity index (χ3n) is 4.41. The highest BCUT2D eigenvalue weighted by Gasteiger charge is 2.15. The molecule has 0 aliphatic heterocycles. The number of aromatic nitrogens is 1. The molecule has 1 amide bonds. The molecule has 29 heavy (non-hydrogen) atoms. The Balaban J connectivity index is 1.58. The molecule has 6 nitrogen and oxygen atoms in total. The molecular weight excluding hydrogens is 406 g/mol. The number of nitrogens with one attached hydrogen (secondary N) is 2. The monoisotopic (exact) mass is 431 g/mol. The van der Waals surface area contributed by atoms with Gasteiger partial charge in [-0.1, -0.05) is 31.5 Å². The third-order valence-corrected chi connectivity index (χ3v) is 6.27. The zero-order valence-corrected chi connectivity index (χ0v) is 17.9. The van der Waals surface area contributed by atoms with Crippen LogP contribution in [0.25, 0.3) is 0 Å². The van der Waals surface area contributed by atoms with Gasteiger partial charge in [-0.05, 0) is 36.6 Å². The van der Waals surface area contributed by atoms with Crippen LogP contribution in [0.4, 0.5) is 10.8 Å². The van der Waals surface area contributed by atoms with Gasteiger partial charge in [0.25, 0.3) is 5.91 Å². The van der Waals surface area contributed by atoms with E-state index in [1.807, 2.05) is 12.1 Å². The molecule has 0 bridgehead atoms. The first-order valence-corrected chi connectivity index (χ1v) is 11.3. The van der Waals surface area contributed by atoms with E-state index in [-0.39, 0.29) is 5.91 Å². The summed E-state index contributed by atoms with van der Waals surface area (Å²) in [6.07, 6.45) is 2.35. The van der Waals surface area contributed by atoms with E-state index in [9.17, 15) is 9.90 Å². The second-order valence-corrected chi connectivity index (χ2v) is 8.64. The maximum absolute atomic E-state index is 12.5. The zero-order valence-electron chi connectivity index (χ0n) is 16.2. The van der Waals surface area contributed by atoms with Gasteiger partial charge in [-0.15, -0.1) is 22.7 Å².